The summed E-state index contributed by atoms with van der Waals surface area (Å²) in [5, 5.41) is 3.90. The number of nitrogens with one attached hydrogen (secondary N) is 1. The van der Waals surface area contributed by atoms with Gasteiger partial charge in [0.05, 0.1) is 0 Å². The van der Waals surface area contributed by atoms with Crippen LogP contribution in [0.5, 0.6) is 0 Å². The molecule has 2 heterocycles. The molecule has 1 aromatic heterocycles. The summed E-state index contributed by atoms with van der Waals surface area (Å²) in [5.41, 5.74) is 1.95. The Morgan fingerprint density at radius 3 is 2.62 bits per heavy atom. The molecule has 2 unspecified atom stereocenters. The van der Waals surface area contributed by atoms with Gasteiger partial charge in [-0.1, -0.05) is 19.3 Å². The highest BCUT2D eigenvalue weighted by atomic mass is 32.1. The highest BCUT2D eigenvalue weighted by molar-refractivity contribution is 7.12. The zero-order valence-electron chi connectivity index (χ0n) is 14.0. The van der Waals surface area contributed by atoms with Crippen molar-refractivity contribution in [2.24, 2.45) is 0 Å². The maximum Gasteiger partial charge on any atom is 0.0335 e. The van der Waals surface area contributed by atoms with Gasteiger partial charge in [0.1, 0.15) is 0 Å². The molecule has 1 saturated carbocycles. The third-order valence-corrected chi connectivity index (χ3v) is 6.64. The Bertz CT molecular complexity index is 487. The summed E-state index contributed by atoms with van der Waals surface area (Å²) in [6, 6.07) is 3.59. The minimum Gasteiger partial charge on any atom is -0.308 e. The Morgan fingerprint density at radius 1 is 1.29 bits per heavy atom. The van der Waals surface area contributed by atoms with Crippen LogP contribution >= 0.6 is 11.3 Å². The first-order valence-electron chi connectivity index (χ1n) is 8.58. The molecule has 1 aliphatic heterocycles. The first kappa shape index (κ1) is 15.5. The molecule has 3 rings (SSSR count). The molecule has 2 fully saturated rings. The van der Waals surface area contributed by atoms with Crippen LogP contribution in [0.3, 0.4) is 0 Å². The van der Waals surface area contributed by atoms with Gasteiger partial charge in [-0.15, -0.1) is 11.3 Å². The first-order chi connectivity index (χ1) is 10.0. The van der Waals surface area contributed by atoms with Crippen LogP contribution in [-0.2, 0) is 0 Å². The topological polar surface area (TPSA) is 15.3 Å². The van der Waals surface area contributed by atoms with E-state index < -0.39 is 0 Å². The van der Waals surface area contributed by atoms with Crippen molar-refractivity contribution in [1.29, 1.82) is 0 Å². The van der Waals surface area contributed by atoms with Crippen LogP contribution in [0.4, 0.5) is 0 Å². The molecule has 2 atom stereocenters. The summed E-state index contributed by atoms with van der Waals surface area (Å²) in [6.07, 6.45) is 6.97. The number of rotatable bonds is 2. The molecule has 0 aromatic carbocycles. The van der Waals surface area contributed by atoms with Gasteiger partial charge >= 0.3 is 0 Å². The normalized spacial score (nSPS) is 27.9. The second kappa shape index (κ2) is 6.02. The van der Waals surface area contributed by atoms with Gasteiger partial charge in [0.2, 0.25) is 0 Å². The van der Waals surface area contributed by atoms with Crippen molar-refractivity contribution in [2.75, 3.05) is 13.1 Å². The fraction of sp³-hybridized carbons (Fsp3) is 0.778. The molecule has 0 bridgehead atoms. The predicted octanol–water partition coefficient (Wildman–Crippen LogP) is 4.42. The molecule has 1 saturated heterocycles. The smallest absolute Gasteiger partial charge is 0.0335 e. The molecule has 1 aromatic rings. The highest BCUT2D eigenvalue weighted by Gasteiger charge is 2.40. The first-order valence-corrected chi connectivity index (χ1v) is 9.40. The van der Waals surface area contributed by atoms with E-state index in [1.807, 2.05) is 11.3 Å². The van der Waals surface area contributed by atoms with Crippen molar-refractivity contribution in [3.63, 3.8) is 0 Å². The SMILES string of the molecule is Cc1cc(C(C)N2CC3(CCCCC3)NCC2C)c(C)s1. The highest BCUT2D eigenvalue weighted by Crippen LogP contribution is 2.37. The minimum absolute atomic E-state index is 0.401. The molecule has 1 spiro atoms. The second-order valence-corrected chi connectivity index (χ2v) is 8.75. The standard InChI is InChI=1S/C18H30N2S/c1-13-11-19-18(8-6-5-7-9-18)12-20(13)15(3)17-10-14(2)21-16(17)4/h10,13,15,19H,5-9,11-12H2,1-4H3. The Morgan fingerprint density at radius 2 is 2.00 bits per heavy atom. The van der Waals surface area contributed by atoms with Crippen molar-refractivity contribution < 1.29 is 0 Å². The quantitative estimate of drug-likeness (QED) is 0.870. The summed E-state index contributed by atoms with van der Waals surface area (Å²) < 4.78 is 0. The van der Waals surface area contributed by atoms with Gasteiger partial charge in [0.15, 0.2) is 0 Å². The van der Waals surface area contributed by atoms with Crippen molar-refractivity contribution in [1.82, 2.24) is 10.2 Å². The second-order valence-electron chi connectivity index (χ2n) is 7.29. The van der Waals surface area contributed by atoms with Crippen LogP contribution in [0.1, 0.15) is 67.3 Å². The Labute approximate surface area is 133 Å². The lowest BCUT2D eigenvalue weighted by Gasteiger charge is -2.51. The molecular formula is C18H30N2S. The number of nitrogens with zero attached hydrogens (tertiary/aromatic N) is 1. The Hall–Kier alpha value is -0.380. The van der Waals surface area contributed by atoms with Crippen molar-refractivity contribution in [3.8, 4) is 0 Å². The third kappa shape index (κ3) is 3.06. The predicted molar refractivity (Wildman–Crippen MR) is 92.2 cm³/mol. The molecule has 1 aliphatic carbocycles. The fourth-order valence-electron chi connectivity index (χ4n) is 4.37. The van der Waals surface area contributed by atoms with E-state index in [0.29, 0.717) is 17.6 Å². The number of hydrogen-bond acceptors (Lipinski definition) is 3. The molecule has 118 valence electrons. The number of thiophene rings is 1. The monoisotopic (exact) mass is 306 g/mol. The molecular weight excluding hydrogens is 276 g/mol. The van der Waals surface area contributed by atoms with Crippen LogP contribution in [-0.4, -0.2) is 29.6 Å². The summed E-state index contributed by atoms with van der Waals surface area (Å²) in [5.74, 6) is 0. The fourth-order valence-corrected chi connectivity index (χ4v) is 5.38. The number of hydrogen-bond donors (Lipinski definition) is 1. The lowest BCUT2D eigenvalue weighted by atomic mass is 9.79. The van der Waals surface area contributed by atoms with E-state index in [2.05, 4.69) is 44.0 Å². The van der Waals surface area contributed by atoms with E-state index in [-0.39, 0.29) is 0 Å². The number of aryl methyl sites for hydroxylation is 2. The van der Waals surface area contributed by atoms with Crippen molar-refractivity contribution >= 4 is 11.3 Å². The summed E-state index contributed by atoms with van der Waals surface area (Å²) in [4.78, 5) is 5.71. The summed E-state index contributed by atoms with van der Waals surface area (Å²) >= 11 is 1.95. The molecule has 1 N–H and O–H groups in total. The van der Waals surface area contributed by atoms with Crippen molar-refractivity contribution in [2.45, 2.75) is 77.4 Å². The molecule has 2 aliphatic rings. The van der Waals surface area contributed by atoms with Gasteiger partial charge in [0, 0.05) is 40.5 Å². The molecule has 21 heavy (non-hydrogen) atoms. The van der Waals surface area contributed by atoms with Gasteiger partial charge in [-0.25, -0.2) is 0 Å². The largest absolute Gasteiger partial charge is 0.308 e. The zero-order chi connectivity index (χ0) is 15.0. The maximum absolute atomic E-state index is 3.90. The van der Waals surface area contributed by atoms with Crippen LogP contribution in [0, 0.1) is 13.8 Å². The average Bonchev–Trinajstić information content (AvgIpc) is 2.81. The van der Waals surface area contributed by atoms with Gasteiger partial charge in [-0.3, -0.25) is 4.90 Å². The van der Waals surface area contributed by atoms with E-state index in [1.54, 1.807) is 5.56 Å². The van der Waals surface area contributed by atoms with E-state index in [1.165, 1.54) is 48.4 Å². The minimum atomic E-state index is 0.401. The molecule has 0 radical (unpaired) electrons. The lowest BCUT2D eigenvalue weighted by molar-refractivity contribution is 0.0355. The molecule has 3 heteroatoms. The van der Waals surface area contributed by atoms with Crippen LogP contribution in [0.15, 0.2) is 6.07 Å². The Balaban J connectivity index is 1.80. The van der Waals surface area contributed by atoms with E-state index in [4.69, 9.17) is 0 Å². The lowest BCUT2D eigenvalue weighted by Crippen LogP contribution is -2.64. The maximum atomic E-state index is 3.90. The van der Waals surface area contributed by atoms with Crippen LogP contribution in [0.2, 0.25) is 0 Å². The average molecular weight is 307 g/mol. The summed E-state index contributed by atoms with van der Waals surface area (Å²) in [6.45, 7) is 11.7. The van der Waals surface area contributed by atoms with Crippen molar-refractivity contribution in [3.05, 3.63) is 21.4 Å². The Kier molecular flexibility index (Phi) is 4.45. The van der Waals surface area contributed by atoms with Gasteiger partial charge < -0.3 is 5.32 Å². The van der Waals surface area contributed by atoms with Gasteiger partial charge in [-0.05, 0) is 52.2 Å². The van der Waals surface area contributed by atoms with Crippen LogP contribution in [0.25, 0.3) is 0 Å². The van der Waals surface area contributed by atoms with E-state index in [9.17, 15) is 0 Å². The molecule has 0 amide bonds. The third-order valence-electron chi connectivity index (χ3n) is 5.66. The summed E-state index contributed by atoms with van der Waals surface area (Å²) in [7, 11) is 0. The molecule has 2 nitrogen and oxygen atoms in total. The van der Waals surface area contributed by atoms with Gasteiger partial charge in [-0.2, -0.15) is 0 Å². The van der Waals surface area contributed by atoms with Crippen LogP contribution < -0.4 is 5.32 Å². The van der Waals surface area contributed by atoms with E-state index in [0.717, 1.165) is 6.54 Å². The van der Waals surface area contributed by atoms with E-state index >= 15 is 0 Å². The van der Waals surface area contributed by atoms with Gasteiger partial charge in [0.25, 0.3) is 0 Å². The zero-order valence-corrected chi connectivity index (χ0v) is 14.9. The number of piperazine rings is 1.